The van der Waals surface area contributed by atoms with Gasteiger partial charge in [-0.15, -0.1) is 0 Å². The Morgan fingerprint density at radius 3 is 2.55 bits per heavy atom. The van der Waals surface area contributed by atoms with Crippen molar-refractivity contribution >= 4 is 16.1 Å². The maximum Gasteiger partial charge on any atom is 0.425 e. The van der Waals surface area contributed by atoms with Gasteiger partial charge in [-0.2, -0.15) is 13.2 Å². The van der Waals surface area contributed by atoms with Gasteiger partial charge in [-0.25, -0.2) is 8.42 Å². The highest BCUT2D eigenvalue weighted by Gasteiger charge is 2.28. The number of oxime groups is 1. The summed E-state index contributed by atoms with van der Waals surface area (Å²) in [4.78, 5) is 4.22. The van der Waals surface area contributed by atoms with E-state index >= 15 is 0 Å². The van der Waals surface area contributed by atoms with Crippen LogP contribution >= 0.6 is 0 Å². The van der Waals surface area contributed by atoms with Crippen molar-refractivity contribution in [2.45, 2.75) is 24.9 Å². The van der Waals surface area contributed by atoms with Crippen molar-refractivity contribution in [2.24, 2.45) is 5.16 Å². The molecular weight excluding hydrogens is 295 g/mol. The smallest absolute Gasteiger partial charge is 0.386 e. The van der Waals surface area contributed by atoms with Crippen molar-refractivity contribution < 1.29 is 26.4 Å². The van der Waals surface area contributed by atoms with Crippen LogP contribution in [0.5, 0.6) is 0 Å². The third kappa shape index (κ3) is 4.84. The number of sulfone groups is 1. The van der Waals surface area contributed by atoms with Gasteiger partial charge in [0, 0.05) is 0 Å². The summed E-state index contributed by atoms with van der Waals surface area (Å²) in [5, 5.41) is 3.17. The molecule has 0 bridgehead atoms. The summed E-state index contributed by atoms with van der Waals surface area (Å²) in [6.45, 7) is 1.67. The molecule has 0 N–H and O–H groups in total. The van der Waals surface area contributed by atoms with Gasteiger partial charge < -0.3 is 4.84 Å². The van der Waals surface area contributed by atoms with E-state index in [0.29, 0.717) is 11.1 Å². The molecule has 1 aromatic carbocycles. The number of rotatable bonds is 5. The molecule has 0 aliphatic heterocycles. The van der Waals surface area contributed by atoms with E-state index in [9.17, 15) is 21.6 Å². The number of benzene rings is 1. The van der Waals surface area contributed by atoms with E-state index in [1.807, 2.05) is 0 Å². The molecule has 1 rings (SSSR count). The zero-order valence-corrected chi connectivity index (χ0v) is 11.8. The molecule has 0 saturated carbocycles. The summed E-state index contributed by atoms with van der Waals surface area (Å²) in [7, 11) is -3.39. The number of alkyl halides is 3. The second-order valence-corrected chi connectivity index (χ2v) is 6.30. The lowest BCUT2D eigenvalue weighted by molar-refractivity contribution is -0.173. The minimum atomic E-state index is -4.46. The first-order valence-electron chi connectivity index (χ1n) is 5.71. The van der Waals surface area contributed by atoms with E-state index in [0.717, 1.165) is 6.21 Å². The molecule has 0 amide bonds. The van der Waals surface area contributed by atoms with Crippen molar-refractivity contribution in [1.82, 2.24) is 0 Å². The monoisotopic (exact) mass is 309 g/mol. The zero-order valence-electron chi connectivity index (χ0n) is 10.9. The molecule has 0 unspecified atom stereocenters. The van der Waals surface area contributed by atoms with Crippen LogP contribution in [0.2, 0.25) is 0 Å². The second kappa shape index (κ2) is 6.25. The average molecular weight is 309 g/mol. The minimum Gasteiger partial charge on any atom is -0.386 e. The number of hydrogen-bond donors (Lipinski definition) is 0. The molecule has 0 aromatic heterocycles. The Morgan fingerprint density at radius 2 is 2.00 bits per heavy atom. The highest BCUT2D eigenvalue weighted by molar-refractivity contribution is 7.91. The summed E-state index contributed by atoms with van der Waals surface area (Å²) < 4.78 is 59.1. The van der Waals surface area contributed by atoms with Crippen molar-refractivity contribution in [1.29, 1.82) is 0 Å². The first kappa shape index (κ1) is 16.5. The Morgan fingerprint density at radius 1 is 1.35 bits per heavy atom. The molecule has 0 heterocycles. The second-order valence-electron chi connectivity index (χ2n) is 4.05. The van der Waals surface area contributed by atoms with Crippen molar-refractivity contribution in [3.63, 3.8) is 0 Å². The topological polar surface area (TPSA) is 55.7 Å². The number of hydrogen-bond acceptors (Lipinski definition) is 4. The standard InChI is InChI=1S/C12H14F3NO3S/c1-3-20(17,18)11-6-10(5-4-9(11)2)7-16-19-8-12(13,14)15/h4-7H,3,8H2,1-2H3/b16-7+. The number of halogens is 3. The van der Waals surface area contributed by atoms with Gasteiger partial charge in [0.25, 0.3) is 0 Å². The van der Waals surface area contributed by atoms with Crippen LogP contribution in [-0.2, 0) is 14.7 Å². The first-order chi connectivity index (χ1) is 9.15. The van der Waals surface area contributed by atoms with Crippen molar-refractivity contribution in [3.8, 4) is 0 Å². The molecule has 20 heavy (non-hydrogen) atoms. The predicted molar refractivity (Wildman–Crippen MR) is 68.5 cm³/mol. The normalized spacial score (nSPS) is 12.8. The SMILES string of the molecule is CCS(=O)(=O)c1cc(/C=N/OCC(F)(F)F)ccc1C. The highest BCUT2D eigenvalue weighted by atomic mass is 32.2. The molecular formula is C12H14F3NO3S. The van der Waals surface area contributed by atoms with Crippen LogP contribution in [0.1, 0.15) is 18.1 Å². The Bertz CT molecular complexity index is 594. The van der Waals surface area contributed by atoms with E-state index in [-0.39, 0.29) is 10.6 Å². The van der Waals surface area contributed by atoms with E-state index < -0.39 is 22.6 Å². The van der Waals surface area contributed by atoms with E-state index in [2.05, 4.69) is 9.99 Å². The Labute approximate surface area is 115 Å². The lowest BCUT2D eigenvalue weighted by atomic mass is 10.2. The summed E-state index contributed by atoms with van der Waals surface area (Å²) in [6.07, 6.45) is -3.42. The third-order valence-corrected chi connectivity index (χ3v) is 4.30. The lowest BCUT2D eigenvalue weighted by Gasteiger charge is -2.06. The fraction of sp³-hybridized carbons (Fsp3) is 0.417. The molecule has 0 spiro atoms. The molecule has 4 nitrogen and oxygen atoms in total. The van der Waals surface area contributed by atoms with Crippen LogP contribution in [0.25, 0.3) is 0 Å². The minimum absolute atomic E-state index is 0.0565. The first-order valence-corrected chi connectivity index (χ1v) is 7.36. The Kier molecular flexibility index (Phi) is 5.15. The highest BCUT2D eigenvalue weighted by Crippen LogP contribution is 2.18. The van der Waals surface area contributed by atoms with Gasteiger partial charge in [0.15, 0.2) is 9.84 Å². The average Bonchev–Trinajstić information content (AvgIpc) is 2.35. The van der Waals surface area contributed by atoms with Crippen LogP contribution in [0.4, 0.5) is 13.2 Å². The van der Waals surface area contributed by atoms with Crippen LogP contribution in [0.15, 0.2) is 28.3 Å². The van der Waals surface area contributed by atoms with Crippen molar-refractivity contribution in [3.05, 3.63) is 29.3 Å². The fourth-order valence-corrected chi connectivity index (χ4v) is 2.58. The van der Waals surface area contributed by atoms with Gasteiger partial charge in [-0.05, 0) is 24.1 Å². The van der Waals surface area contributed by atoms with Gasteiger partial charge in [0.2, 0.25) is 6.61 Å². The molecule has 0 fully saturated rings. The van der Waals surface area contributed by atoms with Gasteiger partial charge in [-0.1, -0.05) is 24.2 Å². The summed E-state index contributed by atoms with van der Waals surface area (Å²) in [5.74, 6) is -0.0565. The zero-order chi connectivity index (χ0) is 15.4. The molecule has 0 aliphatic carbocycles. The quantitative estimate of drug-likeness (QED) is 0.621. The molecule has 0 radical (unpaired) electrons. The maximum absolute atomic E-state index is 11.8. The van der Waals surface area contributed by atoms with Gasteiger partial charge >= 0.3 is 6.18 Å². The van der Waals surface area contributed by atoms with Crippen LogP contribution < -0.4 is 0 Å². The molecule has 0 saturated heterocycles. The Hall–Kier alpha value is -1.57. The van der Waals surface area contributed by atoms with Crippen LogP contribution in [0, 0.1) is 6.92 Å². The van der Waals surface area contributed by atoms with Crippen LogP contribution in [0.3, 0.4) is 0 Å². The Balaban J connectivity index is 2.89. The number of aryl methyl sites for hydroxylation is 1. The maximum atomic E-state index is 11.8. The molecule has 0 aliphatic rings. The molecule has 112 valence electrons. The summed E-state index contributed by atoms with van der Waals surface area (Å²) in [6, 6.07) is 4.47. The van der Waals surface area contributed by atoms with Gasteiger partial charge in [-0.3, -0.25) is 0 Å². The van der Waals surface area contributed by atoms with E-state index in [4.69, 9.17) is 0 Å². The van der Waals surface area contributed by atoms with Gasteiger partial charge in [0.05, 0.1) is 16.9 Å². The summed E-state index contributed by atoms with van der Waals surface area (Å²) in [5.41, 5.74) is 0.921. The number of nitrogens with zero attached hydrogens (tertiary/aromatic N) is 1. The van der Waals surface area contributed by atoms with Crippen molar-refractivity contribution in [2.75, 3.05) is 12.4 Å². The summed E-state index contributed by atoms with van der Waals surface area (Å²) >= 11 is 0. The van der Waals surface area contributed by atoms with E-state index in [1.165, 1.54) is 13.0 Å². The molecule has 8 heteroatoms. The fourth-order valence-electron chi connectivity index (χ4n) is 1.40. The largest absolute Gasteiger partial charge is 0.425 e. The molecule has 1 aromatic rings. The molecule has 0 atom stereocenters. The predicted octanol–water partition coefficient (Wildman–Crippen LogP) is 2.70. The van der Waals surface area contributed by atoms with Crippen LogP contribution in [-0.4, -0.2) is 33.2 Å². The van der Waals surface area contributed by atoms with E-state index in [1.54, 1.807) is 19.1 Å². The third-order valence-electron chi connectivity index (χ3n) is 2.43. The van der Waals surface area contributed by atoms with Gasteiger partial charge in [0.1, 0.15) is 0 Å². The lowest BCUT2D eigenvalue weighted by Crippen LogP contribution is -2.14.